The van der Waals surface area contributed by atoms with Crippen molar-refractivity contribution in [3.63, 3.8) is 0 Å². The molecular weight excluding hydrogens is 661 g/mol. The van der Waals surface area contributed by atoms with E-state index < -0.39 is 6.10 Å². The van der Waals surface area contributed by atoms with Gasteiger partial charge in [-0.25, -0.2) is 0 Å². The molecule has 0 aromatic carbocycles. The number of rotatable bonds is 42. The molecule has 0 aliphatic heterocycles. The topological polar surface area (TPSA) is 78.9 Å². The minimum absolute atomic E-state index is 0.0638. The van der Waals surface area contributed by atoms with Gasteiger partial charge in [-0.05, 0) is 25.2 Å². The SMILES string of the molecule is CCCCCCCCCCCCCCC(=O)OC[C@H](COC(=O)CCCCCCCCCCCCC)OC(=O)CCCCCCCCCCCC(C)C. The Bertz CT molecular complexity index is 796. The van der Waals surface area contributed by atoms with Crippen LogP contribution >= 0.6 is 0 Å². The first-order valence-electron chi connectivity index (χ1n) is 23.4. The summed E-state index contributed by atoms with van der Waals surface area (Å²) in [6.45, 7) is 8.97. The second-order valence-corrected chi connectivity index (χ2v) is 16.5. The summed E-state index contributed by atoms with van der Waals surface area (Å²) in [5.74, 6) is -0.0476. The summed E-state index contributed by atoms with van der Waals surface area (Å²) in [5.41, 5.74) is 0. The summed E-state index contributed by atoms with van der Waals surface area (Å²) < 4.78 is 16.7. The Morgan fingerprint density at radius 3 is 0.925 bits per heavy atom. The van der Waals surface area contributed by atoms with Crippen LogP contribution in [-0.4, -0.2) is 37.2 Å². The monoisotopic (exact) mass is 751 g/mol. The van der Waals surface area contributed by atoms with Crippen LogP contribution in [0, 0.1) is 5.92 Å². The maximum Gasteiger partial charge on any atom is 0.306 e. The molecule has 0 saturated heterocycles. The number of unbranched alkanes of at least 4 members (excludes halogenated alkanes) is 29. The van der Waals surface area contributed by atoms with E-state index in [1.807, 2.05) is 0 Å². The third-order valence-corrected chi connectivity index (χ3v) is 10.5. The molecule has 0 aromatic rings. The van der Waals surface area contributed by atoms with Gasteiger partial charge in [0.1, 0.15) is 13.2 Å². The number of hydrogen-bond donors (Lipinski definition) is 0. The molecule has 0 fully saturated rings. The highest BCUT2D eigenvalue weighted by molar-refractivity contribution is 5.71. The molecule has 0 radical (unpaired) electrons. The fourth-order valence-electron chi connectivity index (χ4n) is 6.98. The molecule has 6 heteroatoms. The number of esters is 3. The van der Waals surface area contributed by atoms with Crippen molar-refractivity contribution in [1.82, 2.24) is 0 Å². The first-order valence-corrected chi connectivity index (χ1v) is 23.4. The number of carbonyl (C=O) groups is 3. The van der Waals surface area contributed by atoms with Gasteiger partial charge in [0.05, 0.1) is 0 Å². The zero-order chi connectivity index (χ0) is 38.9. The van der Waals surface area contributed by atoms with Crippen LogP contribution < -0.4 is 0 Å². The van der Waals surface area contributed by atoms with Crippen molar-refractivity contribution in [2.75, 3.05) is 13.2 Å². The van der Waals surface area contributed by atoms with Gasteiger partial charge in [0.2, 0.25) is 0 Å². The Kier molecular flexibility index (Phi) is 40.3. The lowest BCUT2D eigenvalue weighted by atomic mass is 10.0. The Hall–Kier alpha value is -1.59. The van der Waals surface area contributed by atoms with Crippen molar-refractivity contribution in [1.29, 1.82) is 0 Å². The molecule has 1 atom stereocenters. The molecule has 0 aliphatic carbocycles. The van der Waals surface area contributed by atoms with E-state index >= 15 is 0 Å². The molecule has 0 aromatic heterocycles. The summed E-state index contributed by atoms with van der Waals surface area (Å²) in [4.78, 5) is 37.7. The van der Waals surface area contributed by atoms with Gasteiger partial charge in [-0.3, -0.25) is 14.4 Å². The zero-order valence-corrected chi connectivity index (χ0v) is 36.0. The summed E-state index contributed by atoms with van der Waals surface area (Å²) >= 11 is 0. The average Bonchev–Trinajstić information content (AvgIpc) is 3.14. The van der Waals surface area contributed by atoms with E-state index in [9.17, 15) is 14.4 Å². The standard InChI is InChI=1S/C47H90O6/c1-5-7-9-11-13-15-17-19-23-27-31-35-39-46(49)52-42-44(41-51-45(48)38-34-30-26-22-18-16-14-12-10-8-6-2)53-47(50)40-36-32-28-24-20-21-25-29-33-37-43(3)4/h43-44H,5-42H2,1-4H3/t44-/m0/s1. The van der Waals surface area contributed by atoms with Crippen molar-refractivity contribution < 1.29 is 28.6 Å². The number of carbonyl (C=O) groups excluding carboxylic acids is 3. The van der Waals surface area contributed by atoms with Crippen LogP contribution in [0.3, 0.4) is 0 Å². The second-order valence-electron chi connectivity index (χ2n) is 16.5. The van der Waals surface area contributed by atoms with E-state index in [1.165, 1.54) is 154 Å². The lowest BCUT2D eigenvalue weighted by molar-refractivity contribution is -0.167. The van der Waals surface area contributed by atoms with Crippen molar-refractivity contribution >= 4 is 17.9 Å². The summed E-state index contributed by atoms with van der Waals surface area (Å²) in [6, 6.07) is 0. The number of hydrogen-bond acceptors (Lipinski definition) is 6. The summed E-state index contributed by atoms with van der Waals surface area (Å²) in [5, 5.41) is 0. The van der Waals surface area contributed by atoms with Crippen LogP contribution in [0.5, 0.6) is 0 Å². The van der Waals surface area contributed by atoms with Crippen LogP contribution in [0.2, 0.25) is 0 Å². The van der Waals surface area contributed by atoms with Crippen LogP contribution in [-0.2, 0) is 28.6 Å². The smallest absolute Gasteiger partial charge is 0.306 e. The van der Waals surface area contributed by atoms with E-state index in [4.69, 9.17) is 14.2 Å². The fourth-order valence-corrected chi connectivity index (χ4v) is 6.98. The first-order chi connectivity index (χ1) is 25.9. The second kappa shape index (κ2) is 41.6. The predicted octanol–water partition coefficient (Wildman–Crippen LogP) is 14.7. The first kappa shape index (κ1) is 51.4. The molecular formula is C47H90O6. The highest BCUT2D eigenvalue weighted by Crippen LogP contribution is 2.16. The van der Waals surface area contributed by atoms with Crippen LogP contribution in [0.25, 0.3) is 0 Å². The molecule has 0 N–H and O–H groups in total. The average molecular weight is 751 g/mol. The lowest BCUT2D eigenvalue weighted by Gasteiger charge is -2.18. The minimum atomic E-state index is -0.759. The van der Waals surface area contributed by atoms with Crippen molar-refractivity contribution in [2.45, 2.75) is 265 Å². The quantitative estimate of drug-likeness (QED) is 0.0351. The molecule has 6 nitrogen and oxygen atoms in total. The molecule has 0 amide bonds. The highest BCUT2D eigenvalue weighted by Gasteiger charge is 2.19. The Labute approximate surface area is 329 Å². The molecule has 314 valence electrons. The minimum Gasteiger partial charge on any atom is -0.462 e. The van der Waals surface area contributed by atoms with Crippen LogP contribution in [0.1, 0.15) is 259 Å². The molecule has 0 saturated carbocycles. The van der Waals surface area contributed by atoms with Gasteiger partial charge in [-0.15, -0.1) is 0 Å². The van der Waals surface area contributed by atoms with Gasteiger partial charge in [0, 0.05) is 19.3 Å². The van der Waals surface area contributed by atoms with E-state index in [0.29, 0.717) is 19.3 Å². The molecule has 53 heavy (non-hydrogen) atoms. The maximum absolute atomic E-state index is 12.7. The van der Waals surface area contributed by atoms with Gasteiger partial charge in [-0.1, -0.05) is 220 Å². The summed E-state index contributed by atoms with van der Waals surface area (Å²) in [6.07, 6.45) is 40.8. The predicted molar refractivity (Wildman–Crippen MR) is 224 cm³/mol. The number of ether oxygens (including phenoxy) is 3. The zero-order valence-electron chi connectivity index (χ0n) is 36.0. The van der Waals surface area contributed by atoms with Crippen molar-refractivity contribution in [3.8, 4) is 0 Å². The molecule has 0 rings (SSSR count). The van der Waals surface area contributed by atoms with Gasteiger partial charge in [0.25, 0.3) is 0 Å². The van der Waals surface area contributed by atoms with Gasteiger partial charge in [-0.2, -0.15) is 0 Å². The Morgan fingerprint density at radius 2 is 0.623 bits per heavy atom. The van der Waals surface area contributed by atoms with E-state index in [1.54, 1.807) is 0 Å². The van der Waals surface area contributed by atoms with Gasteiger partial charge >= 0.3 is 17.9 Å². The third-order valence-electron chi connectivity index (χ3n) is 10.5. The Morgan fingerprint density at radius 1 is 0.358 bits per heavy atom. The molecule has 0 spiro atoms. The summed E-state index contributed by atoms with van der Waals surface area (Å²) in [7, 11) is 0. The van der Waals surface area contributed by atoms with E-state index in [-0.39, 0.29) is 31.1 Å². The highest BCUT2D eigenvalue weighted by atomic mass is 16.6. The van der Waals surface area contributed by atoms with Crippen LogP contribution in [0.15, 0.2) is 0 Å². The van der Waals surface area contributed by atoms with Crippen LogP contribution in [0.4, 0.5) is 0 Å². The largest absolute Gasteiger partial charge is 0.462 e. The molecule has 0 heterocycles. The Balaban J connectivity index is 4.33. The molecule has 0 bridgehead atoms. The van der Waals surface area contributed by atoms with Crippen molar-refractivity contribution in [3.05, 3.63) is 0 Å². The molecule has 0 unspecified atom stereocenters. The van der Waals surface area contributed by atoms with E-state index in [2.05, 4.69) is 27.7 Å². The van der Waals surface area contributed by atoms with Crippen molar-refractivity contribution in [2.24, 2.45) is 5.92 Å². The fraction of sp³-hybridized carbons (Fsp3) is 0.936. The third kappa shape index (κ3) is 41.4. The maximum atomic E-state index is 12.7. The van der Waals surface area contributed by atoms with Gasteiger partial charge < -0.3 is 14.2 Å². The van der Waals surface area contributed by atoms with Gasteiger partial charge in [0.15, 0.2) is 6.10 Å². The van der Waals surface area contributed by atoms with E-state index in [0.717, 1.165) is 63.7 Å². The molecule has 0 aliphatic rings. The normalized spacial score (nSPS) is 11.9. The lowest BCUT2D eigenvalue weighted by Crippen LogP contribution is -2.30.